The Bertz CT molecular complexity index is 837. The monoisotopic (exact) mass is 395 g/mol. The van der Waals surface area contributed by atoms with Crippen molar-refractivity contribution in [2.75, 3.05) is 10.6 Å². The molecule has 0 unspecified atom stereocenters. The molecule has 0 saturated heterocycles. The molecule has 3 amide bonds. The number of amides is 3. The molecule has 0 spiro atoms. The summed E-state index contributed by atoms with van der Waals surface area (Å²) in [5, 5.41) is 5.38. The van der Waals surface area contributed by atoms with E-state index < -0.39 is 24.0 Å². The molecular weight excluding hydrogens is 381 g/mol. The lowest BCUT2D eigenvalue weighted by atomic mass is 10.2. The number of primary amides is 1. The van der Waals surface area contributed by atoms with Crippen LogP contribution < -0.4 is 16.4 Å². The summed E-state index contributed by atoms with van der Waals surface area (Å²) in [5.41, 5.74) is 5.73. The highest BCUT2D eigenvalue weighted by molar-refractivity contribution is 6.39. The first-order valence-corrected chi connectivity index (χ1v) is 8.16. The number of nitrogens with one attached hydrogen (secondary N) is 2. The maximum Gasteiger partial charge on any atom is 0.338 e. The minimum Gasteiger partial charge on any atom is -0.449 e. The first-order valence-electron chi connectivity index (χ1n) is 7.40. The number of carbonyl (C=O) groups is 3. The van der Waals surface area contributed by atoms with Gasteiger partial charge in [0.25, 0.3) is 5.91 Å². The van der Waals surface area contributed by atoms with E-state index in [0.717, 1.165) is 0 Å². The lowest BCUT2D eigenvalue weighted by Gasteiger charge is -2.15. The summed E-state index contributed by atoms with van der Waals surface area (Å²) in [6, 6.07) is 9.95. The van der Waals surface area contributed by atoms with Gasteiger partial charge in [-0.3, -0.25) is 4.79 Å². The third-order valence-electron chi connectivity index (χ3n) is 3.23. The summed E-state index contributed by atoms with van der Waals surface area (Å²) < 4.78 is 5.13. The van der Waals surface area contributed by atoms with Crippen molar-refractivity contribution in [1.29, 1.82) is 0 Å². The normalized spacial score (nSPS) is 11.3. The third-order valence-corrected chi connectivity index (χ3v) is 3.86. The molecule has 2 aromatic carbocycles. The molecule has 26 heavy (non-hydrogen) atoms. The zero-order chi connectivity index (χ0) is 19.3. The van der Waals surface area contributed by atoms with E-state index in [4.69, 9.17) is 33.7 Å². The second kappa shape index (κ2) is 8.55. The van der Waals surface area contributed by atoms with Gasteiger partial charge in [0.05, 0.1) is 21.3 Å². The molecular formula is C17H15Cl2N3O4. The molecule has 0 aliphatic carbocycles. The Morgan fingerprint density at radius 1 is 1.04 bits per heavy atom. The molecule has 0 saturated carbocycles. The van der Waals surface area contributed by atoms with Gasteiger partial charge >= 0.3 is 12.0 Å². The number of para-hydroxylation sites is 1. The average molecular weight is 396 g/mol. The highest BCUT2D eigenvalue weighted by Crippen LogP contribution is 2.30. The van der Waals surface area contributed by atoms with Gasteiger partial charge in [0.1, 0.15) is 0 Å². The number of esters is 1. The fourth-order valence-electron chi connectivity index (χ4n) is 1.99. The van der Waals surface area contributed by atoms with Crippen LogP contribution in [0.4, 0.5) is 16.2 Å². The molecule has 0 bridgehead atoms. The number of halogens is 2. The van der Waals surface area contributed by atoms with Gasteiger partial charge in [0, 0.05) is 5.69 Å². The number of carbonyl (C=O) groups excluding carboxylic acids is 3. The summed E-state index contributed by atoms with van der Waals surface area (Å²) in [7, 11) is 0. The maximum absolute atomic E-state index is 12.2. The van der Waals surface area contributed by atoms with E-state index in [-0.39, 0.29) is 21.3 Å². The molecule has 0 aliphatic heterocycles. The SMILES string of the molecule is C[C@H](OC(=O)c1cccc(NC(N)=O)c1)C(=O)Nc1c(Cl)cccc1Cl. The Labute approximate surface area is 159 Å². The maximum atomic E-state index is 12.2. The van der Waals surface area contributed by atoms with E-state index in [1.165, 1.54) is 25.1 Å². The smallest absolute Gasteiger partial charge is 0.338 e. The molecule has 2 aromatic rings. The van der Waals surface area contributed by atoms with Gasteiger partial charge in [-0.15, -0.1) is 0 Å². The predicted molar refractivity (Wildman–Crippen MR) is 99.6 cm³/mol. The van der Waals surface area contributed by atoms with E-state index in [1.54, 1.807) is 24.3 Å². The zero-order valence-corrected chi connectivity index (χ0v) is 15.1. The number of hydrogen-bond donors (Lipinski definition) is 3. The highest BCUT2D eigenvalue weighted by Gasteiger charge is 2.21. The van der Waals surface area contributed by atoms with Gasteiger partial charge in [-0.2, -0.15) is 0 Å². The molecule has 0 fully saturated rings. The lowest BCUT2D eigenvalue weighted by molar-refractivity contribution is -0.123. The van der Waals surface area contributed by atoms with Crippen LogP contribution in [-0.4, -0.2) is 24.0 Å². The van der Waals surface area contributed by atoms with Crippen LogP contribution in [0.25, 0.3) is 0 Å². The van der Waals surface area contributed by atoms with E-state index in [2.05, 4.69) is 10.6 Å². The molecule has 1 atom stereocenters. The Morgan fingerprint density at radius 2 is 1.65 bits per heavy atom. The Hall–Kier alpha value is -2.77. The standard InChI is InChI=1S/C17H15Cl2N3O4/c1-9(15(23)22-14-12(18)6-3-7-13(14)19)26-16(24)10-4-2-5-11(8-10)21-17(20)25/h2-9H,1H3,(H,22,23)(H3,20,21,25)/t9-/m0/s1. The van der Waals surface area contributed by atoms with E-state index in [0.29, 0.717) is 5.69 Å². The van der Waals surface area contributed by atoms with Crippen molar-refractivity contribution in [2.45, 2.75) is 13.0 Å². The second-order valence-corrected chi connectivity index (χ2v) is 6.02. The van der Waals surface area contributed by atoms with Gasteiger partial charge < -0.3 is 21.1 Å². The largest absolute Gasteiger partial charge is 0.449 e. The lowest BCUT2D eigenvalue weighted by Crippen LogP contribution is -2.30. The van der Waals surface area contributed by atoms with Crippen LogP contribution in [0.5, 0.6) is 0 Å². The van der Waals surface area contributed by atoms with Gasteiger partial charge in [-0.25, -0.2) is 9.59 Å². The van der Waals surface area contributed by atoms with E-state index in [1.807, 2.05) is 0 Å². The van der Waals surface area contributed by atoms with Gasteiger partial charge in [0.15, 0.2) is 6.10 Å². The summed E-state index contributed by atoms with van der Waals surface area (Å²) in [5.74, 6) is -1.34. The fraction of sp³-hybridized carbons (Fsp3) is 0.118. The summed E-state index contributed by atoms with van der Waals surface area (Å²) in [6.45, 7) is 1.41. The average Bonchev–Trinajstić information content (AvgIpc) is 2.57. The van der Waals surface area contributed by atoms with Crippen molar-refractivity contribution in [3.63, 3.8) is 0 Å². The van der Waals surface area contributed by atoms with Crippen LogP contribution in [0, 0.1) is 0 Å². The molecule has 0 aliphatic rings. The number of anilines is 2. The number of urea groups is 1. The van der Waals surface area contributed by atoms with Crippen molar-refractivity contribution in [3.05, 3.63) is 58.1 Å². The van der Waals surface area contributed by atoms with Crippen molar-refractivity contribution in [3.8, 4) is 0 Å². The second-order valence-electron chi connectivity index (χ2n) is 5.20. The van der Waals surface area contributed by atoms with E-state index >= 15 is 0 Å². The van der Waals surface area contributed by atoms with Crippen molar-refractivity contribution in [2.24, 2.45) is 5.73 Å². The third kappa shape index (κ3) is 5.11. The van der Waals surface area contributed by atoms with E-state index in [9.17, 15) is 14.4 Å². The molecule has 9 heteroatoms. The number of hydrogen-bond acceptors (Lipinski definition) is 4. The van der Waals surface area contributed by atoms with Gasteiger partial charge in [-0.05, 0) is 37.3 Å². The van der Waals surface area contributed by atoms with Crippen LogP contribution in [0.3, 0.4) is 0 Å². The predicted octanol–water partition coefficient (Wildman–Crippen LogP) is 3.67. The minimum atomic E-state index is -1.11. The quantitative estimate of drug-likeness (QED) is 0.670. The van der Waals surface area contributed by atoms with Crippen molar-refractivity contribution >= 4 is 52.5 Å². The molecule has 4 N–H and O–H groups in total. The minimum absolute atomic E-state index is 0.145. The molecule has 7 nitrogen and oxygen atoms in total. The fourth-order valence-corrected chi connectivity index (χ4v) is 2.48. The summed E-state index contributed by atoms with van der Waals surface area (Å²) in [6.07, 6.45) is -1.11. The topological polar surface area (TPSA) is 111 Å². The van der Waals surface area contributed by atoms with Crippen LogP contribution in [-0.2, 0) is 9.53 Å². The molecule has 2 rings (SSSR count). The van der Waals surface area contributed by atoms with Crippen LogP contribution in [0.1, 0.15) is 17.3 Å². The Kier molecular flexibility index (Phi) is 6.43. The molecule has 0 aromatic heterocycles. The number of ether oxygens (including phenoxy) is 1. The molecule has 0 radical (unpaired) electrons. The van der Waals surface area contributed by atoms with Gasteiger partial charge in [0.2, 0.25) is 0 Å². The zero-order valence-electron chi connectivity index (χ0n) is 13.6. The van der Waals surface area contributed by atoms with Crippen molar-refractivity contribution in [1.82, 2.24) is 0 Å². The Balaban J connectivity index is 2.04. The first kappa shape index (κ1) is 19.6. The Morgan fingerprint density at radius 3 is 2.27 bits per heavy atom. The molecule has 136 valence electrons. The van der Waals surface area contributed by atoms with Gasteiger partial charge in [-0.1, -0.05) is 35.3 Å². The summed E-state index contributed by atoms with van der Waals surface area (Å²) in [4.78, 5) is 35.3. The number of nitrogens with two attached hydrogens (primary N) is 1. The van der Waals surface area contributed by atoms with Crippen LogP contribution in [0.2, 0.25) is 10.0 Å². The number of benzene rings is 2. The van der Waals surface area contributed by atoms with Crippen LogP contribution >= 0.6 is 23.2 Å². The highest BCUT2D eigenvalue weighted by atomic mass is 35.5. The molecule has 0 heterocycles. The number of rotatable bonds is 5. The summed E-state index contributed by atoms with van der Waals surface area (Å²) >= 11 is 12.0. The first-order chi connectivity index (χ1) is 12.3. The van der Waals surface area contributed by atoms with Crippen molar-refractivity contribution < 1.29 is 19.1 Å². The van der Waals surface area contributed by atoms with Crippen LogP contribution in [0.15, 0.2) is 42.5 Å².